The van der Waals surface area contributed by atoms with Gasteiger partial charge in [-0.3, -0.25) is 19.2 Å². The van der Waals surface area contributed by atoms with E-state index >= 15 is 0 Å². The summed E-state index contributed by atoms with van der Waals surface area (Å²) < 4.78 is 6.76. The summed E-state index contributed by atoms with van der Waals surface area (Å²) in [5.74, 6) is -0.452. The van der Waals surface area contributed by atoms with Gasteiger partial charge in [0.05, 0.1) is 12.2 Å². The molecule has 1 aromatic heterocycles. The SMILES string of the molecule is COCCCNC(=O)[C@@]1(C)Cn2nc(-c3ccccc3)cc2C(=O)N1c1ccc(C)cc1C. The van der Waals surface area contributed by atoms with Gasteiger partial charge in [0.1, 0.15) is 11.2 Å². The molecule has 1 aliphatic heterocycles. The lowest BCUT2D eigenvalue weighted by molar-refractivity contribution is -0.126. The number of methoxy groups -OCH3 is 1. The predicted octanol–water partition coefficient (Wildman–Crippen LogP) is 3.74. The molecule has 1 atom stereocenters. The molecule has 2 heterocycles. The normalized spacial score (nSPS) is 17.7. The summed E-state index contributed by atoms with van der Waals surface area (Å²) in [5.41, 5.74) is 3.74. The quantitative estimate of drug-likeness (QED) is 0.561. The third-order valence-corrected chi connectivity index (χ3v) is 6.12. The lowest BCUT2D eigenvalue weighted by Crippen LogP contribution is -2.64. The third-order valence-electron chi connectivity index (χ3n) is 6.12. The van der Waals surface area contributed by atoms with E-state index in [4.69, 9.17) is 9.84 Å². The number of aryl methyl sites for hydroxylation is 2. The third kappa shape index (κ3) is 4.28. The fourth-order valence-electron chi connectivity index (χ4n) is 4.37. The highest BCUT2D eigenvalue weighted by Gasteiger charge is 2.49. The molecule has 0 aliphatic carbocycles. The number of nitrogens with zero attached hydrogens (tertiary/aromatic N) is 3. The van der Waals surface area contributed by atoms with Crippen molar-refractivity contribution in [3.05, 3.63) is 71.4 Å². The maximum absolute atomic E-state index is 13.9. The van der Waals surface area contributed by atoms with Crippen LogP contribution in [-0.4, -0.2) is 47.4 Å². The molecule has 1 N–H and O–H groups in total. The van der Waals surface area contributed by atoms with Crippen molar-refractivity contribution in [2.45, 2.75) is 39.3 Å². The molecular weight excluding hydrogens is 416 g/mol. The van der Waals surface area contributed by atoms with Crippen LogP contribution in [0.4, 0.5) is 5.69 Å². The summed E-state index contributed by atoms with van der Waals surface area (Å²) in [4.78, 5) is 29.0. The molecule has 0 unspecified atom stereocenters. The highest BCUT2D eigenvalue weighted by atomic mass is 16.5. The van der Waals surface area contributed by atoms with Crippen LogP contribution >= 0.6 is 0 Å². The predicted molar refractivity (Wildman–Crippen MR) is 128 cm³/mol. The maximum Gasteiger partial charge on any atom is 0.277 e. The average molecular weight is 447 g/mol. The van der Waals surface area contributed by atoms with E-state index in [1.165, 1.54) is 0 Å². The Morgan fingerprint density at radius 2 is 1.91 bits per heavy atom. The zero-order chi connectivity index (χ0) is 23.6. The lowest BCUT2D eigenvalue weighted by atomic mass is 9.92. The fraction of sp³-hybridized carbons (Fsp3) is 0.346. The van der Waals surface area contributed by atoms with Crippen molar-refractivity contribution < 1.29 is 14.3 Å². The van der Waals surface area contributed by atoms with E-state index in [1.807, 2.05) is 75.4 Å². The van der Waals surface area contributed by atoms with Crippen LogP contribution in [-0.2, 0) is 16.1 Å². The second-order valence-electron chi connectivity index (χ2n) is 8.75. The molecular formula is C26H30N4O3. The van der Waals surface area contributed by atoms with Gasteiger partial charge in [0, 0.05) is 31.5 Å². The van der Waals surface area contributed by atoms with Gasteiger partial charge in [0.25, 0.3) is 5.91 Å². The summed E-state index contributed by atoms with van der Waals surface area (Å²) in [5, 5.41) is 7.69. The first-order valence-electron chi connectivity index (χ1n) is 11.2. The van der Waals surface area contributed by atoms with Gasteiger partial charge in [0.2, 0.25) is 5.91 Å². The summed E-state index contributed by atoms with van der Waals surface area (Å²) in [6, 6.07) is 17.5. The van der Waals surface area contributed by atoms with E-state index < -0.39 is 5.54 Å². The van der Waals surface area contributed by atoms with Crippen molar-refractivity contribution in [1.82, 2.24) is 15.1 Å². The van der Waals surface area contributed by atoms with Gasteiger partial charge in [-0.2, -0.15) is 5.10 Å². The molecule has 4 rings (SSSR count). The van der Waals surface area contributed by atoms with Gasteiger partial charge in [-0.15, -0.1) is 0 Å². The lowest BCUT2D eigenvalue weighted by Gasteiger charge is -2.43. The molecule has 0 saturated heterocycles. The van der Waals surface area contributed by atoms with Crippen LogP contribution in [0.5, 0.6) is 0 Å². The number of hydrogen-bond acceptors (Lipinski definition) is 4. The zero-order valence-electron chi connectivity index (χ0n) is 19.6. The molecule has 0 bridgehead atoms. The van der Waals surface area contributed by atoms with Crippen molar-refractivity contribution in [2.75, 3.05) is 25.2 Å². The molecule has 3 aromatic rings. The zero-order valence-corrected chi connectivity index (χ0v) is 19.6. The molecule has 2 aromatic carbocycles. The molecule has 7 nitrogen and oxygen atoms in total. The van der Waals surface area contributed by atoms with Crippen molar-refractivity contribution >= 4 is 17.5 Å². The maximum atomic E-state index is 13.9. The van der Waals surface area contributed by atoms with Gasteiger partial charge >= 0.3 is 0 Å². The van der Waals surface area contributed by atoms with Crippen molar-refractivity contribution in [3.63, 3.8) is 0 Å². The van der Waals surface area contributed by atoms with Crippen LogP contribution < -0.4 is 10.2 Å². The van der Waals surface area contributed by atoms with Crippen LogP contribution in [0.2, 0.25) is 0 Å². The number of anilines is 1. The Labute approximate surface area is 194 Å². The van der Waals surface area contributed by atoms with Crippen LogP contribution in [0.25, 0.3) is 11.3 Å². The minimum absolute atomic E-state index is 0.214. The van der Waals surface area contributed by atoms with E-state index in [-0.39, 0.29) is 18.4 Å². The van der Waals surface area contributed by atoms with Crippen molar-refractivity contribution in [1.29, 1.82) is 0 Å². The molecule has 0 radical (unpaired) electrons. The highest BCUT2D eigenvalue weighted by molar-refractivity contribution is 6.12. The summed E-state index contributed by atoms with van der Waals surface area (Å²) >= 11 is 0. The van der Waals surface area contributed by atoms with Gasteiger partial charge in [0.15, 0.2) is 0 Å². The Bertz CT molecular complexity index is 1170. The molecule has 7 heteroatoms. The van der Waals surface area contributed by atoms with Gasteiger partial charge < -0.3 is 10.1 Å². The molecule has 0 spiro atoms. The number of ether oxygens (including phenoxy) is 1. The Kier molecular flexibility index (Phi) is 6.33. The van der Waals surface area contributed by atoms with Gasteiger partial charge in [-0.05, 0) is 44.9 Å². The fourth-order valence-corrected chi connectivity index (χ4v) is 4.37. The van der Waals surface area contributed by atoms with Gasteiger partial charge in [-0.25, -0.2) is 0 Å². The summed E-state index contributed by atoms with van der Waals surface area (Å²) in [7, 11) is 1.63. The Morgan fingerprint density at radius 3 is 2.61 bits per heavy atom. The smallest absolute Gasteiger partial charge is 0.277 e. The van der Waals surface area contributed by atoms with Crippen LogP contribution in [0.1, 0.15) is 35.0 Å². The van der Waals surface area contributed by atoms with E-state index in [0.717, 1.165) is 22.4 Å². The Balaban J connectivity index is 1.77. The Hall–Kier alpha value is -3.45. The highest BCUT2D eigenvalue weighted by Crippen LogP contribution is 2.36. The van der Waals surface area contributed by atoms with Gasteiger partial charge in [-0.1, -0.05) is 48.0 Å². The molecule has 172 valence electrons. The topological polar surface area (TPSA) is 76.5 Å². The standard InChI is InChI=1S/C26H30N4O3/c1-18-11-12-22(19(2)15-18)30-24(31)23-16-21(20-9-6-5-7-10-20)28-29(23)17-26(30,3)25(32)27-13-8-14-33-4/h5-7,9-12,15-16H,8,13-14,17H2,1-4H3,(H,27,32)/t26-/m1/s1. The number of fused-ring (bicyclic) bond motifs is 1. The first-order chi connectivity index (χ1) is 15.8. The second kappa shape index (κ2) is 9.19. The largest absolute Gasteiger partial charge is 0.385 e. The van der Waals surface area contributed by atoms with Crippen LogP contribution in [0.3, 0.4) is 0 Å². The molecule has 33 heavy (non-hydrogen) atoms. The monoisotopic (exact) mass is 446 g/mol. The van der Waals surface area contributed by atoms with E-state index in [2.05, 4.69) is 5.32 Å². The van der Waals surface area contributed by atoms with E-state index in [1.54, 1.807) is 16.7 Å². The number of carbonyl (C=O) groups is 2. The number of rotatable bonds is 7. The first-order valence-corrected chi connectivity index (χ1v) is 11.2. The molecule has 0 fully saturated rings. The number of nitrogens with one attached hydrogen (secondary N) is 1. The minimum Gasteiger partial charge on any atom is -0.385 e. The number of carbonyl (C=O) groups excluding carboxylic acids is 2. The number of amides is 2. The second-order valence-corrected chi connectivity index (χ2v) is 8.75. The molecule has 2 amide bonds. The number of hydrogen-bond donors (Lipinski definition) is 1. The van der Waals surface area contributed by atoms with Crippen molar-refractivity contribution in [3.8, 4) is 11.3 Å². The average Bonchev–Trinajstić information content (AvgIpc) is 3.22. The van der Waals surface area contributed by atoms with E-state index in [0.29, 0.717) is 31.0 Å². The Morgan fingerprint density at radius 1 is 1.15 bits per heavy atom. The number of aromatic nitrogens is 2. The number of benzene rings is 2. The summed E-state index contributed by atoms with van der Waals surface area (Å²) in [6.07, 6.45) is 0.695. The van der Waals surface area contributed by atoms with E-state index in [9.17, 15) is 9.59 Å². The first kappa shape index (κ1) is 22.7. The summed E-state index contributed by atoms with van der Waals surface area (Å²) in [6.45, 7) is 7.07. The molecule has 0 saturated carbocycles. The van der Waals surface area contributed by atoms with Crippen LogP contribution in [0, 0.1) is 13.8 Å². The van der Waals surface area contributed by atoms with Crippen LogP contribution in [0.15, 0.2) is 54.6 Å². The molecule has 1 aliphatic rings. The van der Waals surface area contributed by atoms with Crippen molar-refractivity contribution in [2.24, 2.45) is 0 Å². The minimum atomic E-state index is -1.14.